The van der Waals surface area contributed by atoms with Crippen molar-refractivity contribution in [2.75, 3.05) is 33.8 Å². The molecule has 3 rings (SSSR count). The van der Waals surface area contributed by atoms with Crippen molar-refractivity contribution in [2.45, 2.75) is 25.3 Å². The van der Waals surface area contributed by atoms with E-state index in [9.17, 15) is 4.79 Å². The summed E-state index contributed by atoms with van der Waals surface area (Å²) in [5.74, 6) is 1.71. The average Bonchev–Trinajstić information content (AvgIpc) is 3.27. The van der Waals surface area contributed by atoms with Gasteiger partial charge in [0.1, 0.15) is 5.75 Å². The van der Waals surface area contributed by atoms with Gasteiger partial charge in [0, 0.05) is 31.6 Å². The Labute approximate surface area is 126 Å². The number of carbonyl (C=O) groups is 1. The number of methoxy groups -OCH3 is 1. The van der Waals surface area contributed by atoms with Crippen molar-refractivity contribution in [3.05, 3.63) is 29.8 Å². The molecular weight excluding hydrogens is 264 g/mol. The van der Waals surface area contributed by atoms with E-state index in [0.717, 1.165) is 31.8 Å². The lowest BCUT2D eigenvalue weighted by Gasteiger charge is -2.38. The predicted molar refractivity (Wildman–Crippen MR) is 82.5 cm³/mol. The van der Waals surface area contributed by atoms with Crippen LogP contribution in [-0.2, 0) is 4.79 Å². The van der Waals surface area contributed by atoms with E-state index in [1.54, 1.807) is 7.11 Å². The molecule has 1 aliphatic heterocycles. The van der Waals surface area contributed by atoms with Gasteiger partial charge in [-0.1, -0.05) is 18.2 Å². The van der Waals surface area contributed by atoms with Crippen LogP contribution in [0.1, 0.15) is 24.8 Å². The Morgan fingerprint density at radius 3 is 2.76 bits per heavy atom. The molecular formula is C17H24N2O2. The van der Waals surface area contributed by atoms with Gasteiger partial charge >= 0.3 is 0 Å². The number of piperazine rings is 1. The summed E-state index contributed by atoms with van der Waals surface area (Å²) in [4.78, 5) is 17.1. The Morgan fingerprint density at radius 1 is 1.29 bits per heavy atom. The first-order valence-corrected chi connectivity index (χ1v) is 7.73. The highest BCUT2D eigenvalue weighted by molar-refractivity contribution is 5.83. The highest BCUT2D eigenvalue weighted by atomic mass is 16.5. The van der Waals surface area contributed by atoms with Gasteiger partial charge in [0.25, 0.3) is 0 Å². The molecule has 3 unspecified atom stereocenters. The Morgan fingerprint density at radius 2 is 2.05 bits per heavy atom. The van der Waals surface area contributed by atoms with Crippen molar-refractivity contribution < 1.29 is 9.53 Å². The summed E-state index contributed by atoms with van der Waals surface area (Å²) in [6.07, 6.45) is 0.957. The maximum Gasteiger partial charge on any atom is 0.226 e. The SMILES string of the molecule is COc1ccccc1C1CC1C(=O)N1CCN(C)CC1C. The zero-order chi connectivity index (χ0) is 15.0. The highest BCUT2D eigenvalue weighted by Gasteiger charge is 2.47. The lowest BCUT2D eigenvalue weighted by molar-refractivity contribution is -0.136. The third kappa shape index (κ3) is 2.77. The summed E-state index contributed by atoms with van der Waals surface area (Å²) in [7, 11) is 3.81. The third-order valence-electron chi connectivity index (χ3n) is 4.76. The minimum absolute atomic E-state index is 0.146. The molecule has 0 radical (unpaired) electrons. The van der Waals surface area contributed by atoms with Crippen molar-refractivity contribution in [3.63, 3.8) is 0 Å². The number of benzene rings is 1. The quantitative estimate of drug-likeness (QED) is 0.852. The van der Waals surface area contributed by atoms with Crippen LogP contribution in [0.3, 0.4) is 0 Å². The summed E-state index contributed by atoms with van der Waals surface area (Å²) >= 11 is 0. The highest BCUT2D eigenvalue weighted by Crippen LogP contribution is 2.51. The van der Waals surface area contributed by atoms with Gasteiger partial charge < -0.3 is 14.5 Å². The number of nitrogens with zero attached hydrogens (tertiary/aromatic N) is 2. The van der Waals surface area contributed by atoms with E-state index in [1.165, 1.54) is 5.56 Å². The molecule has 2 fully saturated rings. The van der Waals surface area contributed by atoms with Crippen LogP contribution >= 0.6 is 0 Å². The Kier molecular flexibility index (Phi) is 3.89. The van der Waals surface area contributed by atoms with Gasteiger partial charge in [-0.05, 0) is 37.9 Å². The molecule has 1 amide bonds. The number of rotatable bonds is 3. The summed E-state index contributed by atoms with van der Waals surface area (Å²) in [6, 6.07) is 8.38. The van der Waals surface area contributed by atoms with E-state index in [1.807, 2.05) is 18.2 Å². The molecule has 0 N–H and O–H groups in total. The molecule has 1 aromatic rings. The number of carbonyl (C=O) groups excluding carboxylic acids is 1. The molecule has 2 aliphatic rings. The van der Waals surface area contributed by atoms with Crippen molar-refractivity contribution >= 4 is 5.91 Å². The van der Waals surface area contributed by atoms with Crippen molar-refractivity contribution in [2.24, 2.45) is 5.92 Å². The van der Waals surface area contributed by atoms with Crippen LogP contribution in [0, 0.1) is 5.92 Å². The standard InChI is InChI=1S/C17H24N2O2/c1-12-11-18(2)8-9-19(12)17(20)15-10-14(15)13-6-4-5-7-16(13)21-3/h4-7,12,14-15H,8-11H2,1-3H3. The molecule has 3 atom stereocenters. The van der Waals surface area contributed by atoms with Gasteiger partial charge in [-0.3, -0.25) is 4.79 Å². The van der Waals surface area contributed by atoms with Crippen LogP contribution in [0.2, 0.25) is 0 Å². The molecule has 21 heavy (non-hydrogen) atoms. The van der Waals surface area contributed by atoms with E-state index < -0.39 is 0 Å². The normalized spacial score (nSPS) is 29.3. The molecule has 1 saturated heterocycles. The van der Waals surface area contributed by atoms with Crippen molar-refractivity contribution in [1.29, 1.82) is 0 Å². The van der Waals surface area contributed by atoms with Crippen LogP contribution in [0.15, 0.2) is 24.3 Å². The van der Waals surface area contributed by atoms with Crippen LogP contribution in [-0.4, -0.2) is 55.5 Å². The lowest BCUT2D eigenvalue weighted by atomic mass is 10.1. The van der Waals surface area contributed by atoms with E-state index in [4.69, 9.17) is 4.74 Å². The Bertz CT molecular complexity index is 531. The second-order valence-electron chi connectivity index (χ2n) is 6.33. The monoisotopic (exact) mass is 288 g/mol. The second-order valence-corrected chi connectivity index (χ2v) is 6.33. The molecule has 0 bridgehead atoms. The number of amides is 1. The Hall–Kier alpha value is -1.55. The third-order valence-corrected chi connectivity index (χ3v) is 4.76. The molecule has 1 saturated carbocycles. The number of ether oxygens (including phenoxy) is 1. The predicted octanol–water partition coefficient (Wildman–Crippen LogP) is 1.96. The largest absolute Gasteiger partial charge is 0.496 e. The molecule has 4 nitrogen and oxygen atoms in total. The van der Waals surface area contributed by atoms with E-state index in [-0.39, 0.29) is 5.92 Å². The van der Waals surface area contributed by atoms with E-state index in [2.05, 4.69) is 29.8 Å². The minimum Gasteiger partial charge on any atom is -0.496 e. The number of para-hydroxylation sites is 1. The molecule has 114 valence electrons. The lowest BCUT2D eigenvalue weighted by Crippen LogP contribution is -2.53. The summed E-state index contributed by atoms with van der Waals surface area (Å²) < 4.78 is 5.42. The zero-order valence-electron chi connectivity index (χ0n) is 13.1. The maximum atomic E-state index is 12.7. The number of hydrogen-bond donors (Lipinski definition) is 0. The number of hydrogen-bond acceptors (Lipinski definition) is 3. The average molecular weight is 288 g/mol. The summed E-state index contributed by atoms with van der Waals surface area (Å²) in [6.45, 7) is 4.94. The fourth-order valence-electron chi connectivity index (χ4n) is 3.46. The van der Waals surface area contributed by atoms with E-state index in [0.29, 0.717) is 17.9 Å². The maximum absolute atomic E-state index is 12.7. The van der Waals surface area contributed by atoms with E-state index >= 15 is 0 Å². The van der Waals surface area contributed by atoms with Crippen molar-refractivity contribution in [1.82, 2.24) is 9.80 Å². The fourth-order valence-corrected chi connectivity index (χ4v) is 3.46. The van der Waals surface area contributed by atoms with Crippen molar-refractivity contribution in [3.8, 4) is 5.75 Å². The first kappa shape index (κ1) is 14.4. The number of likely N-dealkylation sites (N-methyl/N-ethyl adjacent to an activating group) is 1. The fraction of sp³-hybridized carbons (Fsp3) is 0.588. The molecule has 1 aliphatic carbocycles. The van der Waals surface area contributed by atoms with Gasteiger partial charge in [-0.25, -0.2) is 0 Å². The molecule has 1 heterocycles. The topological polar surface area (TPSA) is 32.8 Å². The van der Waals surface area contributed by atoms with Gasteiger partial charge in [0.15, 0.2) is 0 Å². The first-order valence-electron chi connectivity index (χ1n) is 7.73. The second kappa shape index (κ2) is 5.68. The molecule has 1 aromatic carbocycles. The van der Waals surface area contributed by atoms with Crippen LogP contribution < -0.4 is 4.74 Å². The zero-order valence-corrected chi connectivity index (χ0v) is 13.1. The van der Waals surface area contributed by atoms with Gasteiger partial charge in [-0.2, -0.15) is 0 Å². The van der Waals surface area contributed by atoms with Crippen LogP contribution in [0.25, 0.3) is 0 Å². The van der Waals surface area contributed by atoms with Crippen LogP contribution in [0.5, 0.6) is 5.75 Å². The van der Waals surface area contributed by atoms with Crippen LogP contribution in [0.4, 0.5) is 0 Å². The Balaban J connectivity index is 1.68. The molecule has 0 aromatic heterocycles. The summed E-state index contributed by atoms with van der Waals surface area (Å²) in [5.41, 5.74) is 1.18. The summed E-state index contributed by atoms with van der Waals surface area (Å²) in [5, 5.41) is 0. The first-order chi connectivity index (χ1) is 10.1. The molecule has 4 heteroatoms. The van der Waals surface area contributed by atoms with Gasteiger partial charge in [-0.15, -0.1) is 0 Å². The van der Waals surface area contributed by atoms with Gasteiger partial charge in [0.05, 0.1) is 7.11 Å². The smallest absolute Gasteiger partial charge is 0.226 e. The molecule has 0 spiro atoms. The minimum atomic E-state index is 0.146. The van der Waals surface area contributed by atoms with Gasteiger partial charge in [0.2, 0.25) is 5.91 Å².